The maximum atomic E-state index is 12.7. The van der Waals surface area contributed by atoms with Crippen LogP contribution in [0.25, 0.3) is 0 Å². The first-order valence-electron chi connectivity index (χ1n) is 9.67. The van der Waals surface area contributed by atoms with Crippen LogP contribution in [0.2, 0.25) is 0 Å². The molecule has 1 unspecified atom stereocenters. The standard InChI is InChI=1S/C22H24N4O2/c23-22(13-7-8-14-22)21-25-19(28-26-21)15-18(16-9-3-1-4-10-16)24-20(27)17-11-5-2-6-12-17/h1-6,9-12,18H,7-8,13-15,23H2,(H,24,27). The first-order chi connectivity index (χ1) is 13.6. The number of hydrogen-bond donors (Lipinski definition) is 2. The summed E-state index contributed by atoms with van der Waals surface area (Å²) in [5.41, 5.74) is 7.54. The highest BCUT2D eigenvalue weighted by molar-refractivity contribution is 5.94. The summed E-state index contributed by atoms with van der Waals surface area (Å²) in [6, 6.07) is 18.7. The number of nitrogens with one attached hydrogen (secondary N) is 1. The van der Waals surface area contributed by atoms with Crippen LogP contribution in [0.15, 0.2) is 65.2 Å². The Kier molecular flexibility index (Phi) is 5.21. The zero-order chi connectivity index (χ0) is 19.4. The Labute approximate surface area is 164 Å². The van der Waals surface area contributed by atoms with Gasteiger partial charge >= 0.3 is 0 Å². The molecule has 4 rings (SSSR count). The highest BCUT2D eigenvalue weighted by Gasteiger charge is 2.36. The van der Waals surface area contributed by atoms with Crippen LogP contribution in [0.4, 0.5) is 0 Å². The van der Waals surface area contributed by atoms with Crippen LogP contribution in [0.5, 0.6) is 0 Å². The topological polar surface area (TPSA) is 94.0 Å². The first kappa shape index (κ1) is 18.4. The van der Waals surface area contributed by atoms with Crippen molar-refractivity contribution in [3.05, 3.63) is 83.5 Å². The predicted molar refractivity (Wildman–Crippen MR) is 105 cm³/mol. The average Bonchev–Trinajstić information content (AvgIpc) is 3.39. The van der Waals surface area contributed by atoms with E-state index in [1.54, 1.807) is 12.1 Å². The molecular weight excluding hydrogens is 352 g/mol. The Balaban J connectivity index is 1.55. The van der Waals surface area contributed by atoms with E-state index < -0.39 is 5.54 Å². The minimum absolute atomic E-state index is 0.139. The second-order valence-corrected chi connectivity index (χ2v) is 7.38. The van der Waals surface area contributed by atoms with E-state index in [2.05, 4.69) is 15.5 Å². The second kappa shape index (κ2) is 7.94. The number of carbonyl (C=O) groups excluding carboxylic acids is 1. The molecule has 2 aromatic carbocycles. The molecule has 3 aromatic rings. The van der Waals surface area contributed by atoms with Crippen LogP contribution >= 0.6 is 0 Å². The van der Waals surface area contributed by atoms with E-state index in [1.165, 1.54) is 0 Å². The van der Waals surface area contributed by atoms with E-state index in [4.69, 9.17) is 10.3 Å². The van der Waals surface area contributed by atoms with Crippen LogP contribution in [-0.4, -0.2) is 16.0 Å². The Hall–Kier alpha value is -2.99. The summed E-state index contributed by atoms with van der Waals surface area (Å²) in [6.07, 6.45) is 4.32. The van der Waals surface area contributed by atoms with E-state index in [1.807, 2.05) is 48.5 Å². The molecule has 0 aliphatic heterocycles. The second-order valence-electron chi connectivity index (χ2n) is 7.38. The molecule has 0 saturated heterocycles. The maximum absolute atomic E-state index is 12.7. The average molecular weight is 376 g/mol. The number of carbonyl (C=O) groups is 1. The summed E-state index contributed by atoms with van der Waals surface area (Å²) in [6.45, 7) is 0. The predicted octanol–water partition coefficient (Wildman–Crippen LogP) is 3.51. The van der Waals surface area contributed by atoms with Crippen LogP contribution in [0.3, 0.4) is 0 Å². The van der Waals surface area contributed by atoms with Gasteiger partial charge in [0.2, 0.25) is 5.89 Å². The van der Waals surface area contributed by atoms with Crippen molar-refractivity contribution in [3.63, 3.8) is 0 Å². The maximum Gasteiger partial charge on any atom is 0.251 e. The fraction of sp³-hybridized carbons (Fsp3) is 0.318. The molecule has 0 bridgehead atoms. The molecule has 1 aliphatic carbocycles. The van der Waals surface area contributed by atoms with Crippen molar-refractivity contribution in [2.45, 2.75) is 43.7 Å². The van der Waals surface area contributed by atoms with E-state index in [0.717, 1.165) is 31.2 Å². The normalized spacial score (nSPS) is 16.6. The van der Waals surface area contributed by atoms with Gasteiger partial charge in [-0.25, -0.2) is 0 Å². The van der Waals surface area contributed by atoms with Gasteiger partial charge in [-0.1, -0.05) is 66.5 Å². The fourth-order valence-electron chi connectivity index (χ4n) is 3.71. The lowest BCUT2D eigenvalue weighted by atomic mass is 9.98. The SMILES string of the molecule is NC1(c2noc(CC(NC(=O)c3ccccc3)c3ccccc3)n2)CCCC1. The molecule has 3 N–H and O–H groups in total. The van der Waals surface area contributed by atoms with Gasteiger partial charge in [-0.3, -0.25) is 4.79 Å². The van der Waals surface area contributed by atoms with Crippen LogP contribution in [0.1, 0.15) is 59.4 Å². The third-order valence-corrected chi connectivity index (χ3v) is 5.33. The number of nitrogens with two attached hydrogens (primary N) is 1. The zero-order valence-electron chi connectivity index (χ0n) is 15.7. The van der Waals surface area contributed by atoms with Gasteiger partial charge < -0.3 is 15.6 Å². The monoisotopic (exact) mass is 376 g/mol. The molecular formula is C22H24N4O2. The molecule has 1 heterocycles. The molecule has 1 fully saturated rings. The Bertz CT molecular complexity index is 918. The van der Waals surface area contributed by atoms with Crippen LogP contribution in [-0.2, 0) is 12.0 Å². The van der Waals surface area contributed by atoms with Gasteiger partial charge in [0.05, 0.1) is 18.0 Å². The lowest BCUT2D eigenvalue weighted by Crippen LogP contribution is -2.34. The summed E-state index contributed by atoms with van der Waals surface area (Å²) < 4.78 is 5.49. The first-order valence-corrected chi connectivity index (χ1v) is 9.67. The van der Waals surface area contributed by atoms with Gasteiger partial charge in [0, 0.05) is 5.56 Å². The number of nitrogens with zero attached hydrogens (tertiary/aromatic N) is 2. The lowest BCUT2D eigenvalue weighted by Gasteiger charge is -2.18. The van der Waals surface area contributed by atoms with Gasteiger partial charge in [-0.2, -0.15) is 4.98 Å². The van der Waals surface area contributed by atoms with E-state index >= 15 is 0 Å². The molecule has 0 spiro atoms. The summed E-state index contributed by atoms with van der Waals surface area (Å²) in [7, 11) is 0. The number of hydrogen-bond acceptors (Lipinski definition) is 5. The number of rotatable bonds is 6. The lowest BCUT2D eigenvalue weighted by molar-refractivity contribution is 0.0935. The molecule has 144 valence electrons. The molecule has 28 heavy (non-hydrogen) atoms. The fourth-order valence-corrected chi connectivity index (χ4v) is 3.71. The number of benzene rings is 2. The Morgan fingerprint density at radius 2 is 1.71 bits per heavy atom. The molecule has 1 saturated carbocycles. The van der Waals surface area contributed by atoms with Crippen molar-refractivity contribution in [2.24, 2.45) is 5.73 Å². The molecule has 6 nitrogen and oxygen atoms in total. The largest absolute Gasteiger partial charge is 0.345 e. The quantitative estimate of drug-likeness (QED) is 0.686. The third kappa shape index (κ3) is 3.97. The smallest absolute Gasteiger partial charge is 0.251 e. The Morgan fingerprint density at radius 3 is 2.39 bits per heavy atom. The minimum atomic E-state index is -0.489. The van der Waals surface area contributed by atoms with Crippen molar-refractivity contribution in [1.82, 2.24) is 15.5 Å². The molecule has 1 aromatic heterocycles. The van der Waals surface area contributed by atoms with Crippen LogP contribution < -0.4 is 11.1 Å². The van der Waals surface area contributed by atoms with Gasteiger partial charge in [0.1, 0.15) is 0 Å². The Morgan fingerprint density at radius 1 is 1.07 bits per heavy atom. The summed E-state index contributed by atoms with van der Waals surface area (Å²) >= 11 is 0. The van der Waals surface area contributed by atoms with Crippen molar-refractivity contribution in [3.8, 4) is 0 Å². The van der Waals surface area contributed by atoms with Gasteiger partial charge in [0.25, 0.3) is 5.91 Å². The third-order valence-electron chi connectivity index (χ3n) is 5.33. The molecule has 1 aliphatic rings. The van der Waals surface area contributed by atoms with Crippen LogP contribution in [0, 0.1) is 0 Å². The molecule has 1 atom stereocenters. The number of aromatic nitrogens is 2. The number of amides is 1. The molecule has 0 radical (unpaired) electrons. The zero-order valence-corrected chi connectivity index (χ0v) is 15.7. The van der Waals surface area contributed by atoms with Crippen molar-refractivity contribution in [2.75, 3.05) is 0 Å². The van der Waals surface area contributed by atoms with E-state index in [0.29, 0.717) is 23.7 Å². The molecule has 1 amide bonds. The highest BCUT2D eigenvalue weighted by atomic mass is 16.5. The summed E-state index contributed by atoms with van der Waals surface area (Å²) in [4.78, 5) is 17.2. The highest BCUT2D eigenvalue weighted by Crippen LogP contribution is 2.34. The van der Waals surface area contributed by atoms with Gasteiger partial charge in [0.15, 0.2) is 5.82 Å². The van der Waals surface area contributed by atoms with E-state index in [-0.39, 0.29) is 11.9 Å². The molecule has 6 heteroatoms. The van der Waals surface area contributed by atoms with Gasteiger partial charge in [-0.05, 0) is 30.5 Å². The summed E-state index contributed by atoms with van der Waals surface area (Å²) in [5, 5.41) is 7.22. The van der Waals surface area contributed by atoms with Crippen molar-refractivity contribution >= 4 is 5.91 Å². The van der Waals surface area contributed by atoms with Gasteiger partial charge in [-0.15, -0.1) is 0 Å². The van der Waals surface area contributed by atoms with Crippen molar-refractivity contribution in [1.29, 1.82) is 0 Å². The minimum Gasteiger partial charge on any atom is -0.345 e. The summed E-state index contributed by atoms with van der Waals surface area (Å²) in [5.74, 6) is 0.912. The van der Waals surface area contributed by atoms with Crippen molar-refractivity contribution < 1.29 is 9.32 Å². The van der Waals surface area contributed by atoms with E-state index in [9.17, 15) is 4.79 Å².